The smallest absolute Gasteiger partial charge is 0.144 e. The lowest BCUT2D eigenvalue weighted by Gasteiger charge is -2.14. The molecule has 0 atom stereocenters. The summed E-state index contributed by atoms with van der Waals surface area (Å²) in [5.74, 6) is 1.73. The third-order valence-corrected chi connectivity index (χ3v) is 4.34. The summed E-state index contributed by atoms with van der Waals surface area (Å²) in [6.07, 6.45) is 0. The maximum absolute atomic E-state index is 13.3. The highest BCUT2D eigenvalue weighted by atomic mass is 79.9. The molecule has 0 saturated carbocycles. The number of rotatable bonds is 5. The zero-order valence-corrected chi connectivity index (χ0v) is 13.4. The van der Waals surface area contributed by atoms with Gasteiger partial charge in [-0.25, -0.2) is 4.39 Å². The Kier molecular flexibility index (Phi) is 5.46. The zero-order chi connectivity index (χ0) is 14.5. The van der Waals surface area contributed by atoms with Crippen LogP contribution in [0.15, 0.2) is 45.8 Å². The fourth-order valence-electron chi connectivity index (χ4n) is 1.81. The highest BCUT2D eigenvalue weighted by molar-refractivity contribution is 9.10. The number of halogens is 2. The molecular formula is C15H15BrFNOS. The number of hydrogen-bond acceptors (Lipinski definition) is 3. The van der Waals surface area contributed by atoms with E-state index in [0.717, 1.165) is 16.2 Å². The average Bonchev–Trinajstić information content (AvgIpc) is 2.43. The van der Waals surface area contributed by atoms with Crippen molar-refractivity contribution in [1.29, 1.82) is 0 Å². The lowest BCUT2D eigenvalue weighted by atomic mass is 10.2. The molecule has 0 fully saturated rings. The van der Waals surface area contributed by atoms with Gasteiger partial charge in [-0.3, -0.25) is 0 Å². The Hall–Kier alpha value is -1.04. The molecule has 20 heavy (non-hydrogen) atoms. The molecule has 2 nitrogen and oxygen atoms in total. The molecule has 0 unspecified atom stereocenters. The predicted molar refractivity (Wildman–Crippen MR) is 84.9 cm³/mol. The first-order chi connectivity index (χ1) is 9.65. The highest BCUT2D eigenvalue weighted by Crippen LogP contribution is 2.35. The fraction of sp³-hybridized carbons (Fsp3) is 0.200. The lowest BCUT2D eigenvalue weighted by molar-refractivity contribution is 0.466. The molecule has 2 rings (SSSR count). The monoisotopic (exact) mass is 355 g/mol. The molecule has 2 aromatic carbocycles. The van der Waals surface area contributed by atoms with Gasteiger partial charge in [0.1, 0.15) is 17.3 Å². The van der Waals surface area contributed by atoms with Crippen molar-refractivity contribution in [3.63, 3.8) is 0 Å². The molecule has 0 aliphatic heterocycles. The Morgan fingerprint density at radius 3 is 2.75 bits per heavy atom. The summed E-state index contributed by atoms with van der Waals surface area (Å²) in [6, 6.07) is 10.1. The van der Waals surface area contributed by atoms with Crippen LogP contribution in [0.3, 0.4) is 0 Å². The van der Waals surface area contributed by atoms with Gasteiger partial charge in [0.05, 0.1) is 4.47 Å². The maximum atomic E-state index is 13.3. The average molecular weight is 356 g/mol. The van der Waals surface area contributed by atoms with Crippen molar-refractivity contribution < 1.29 is 9.13 Å². The minimum Gasteiger partial charge on any atom is -0.456 e. The summed E-state index contributed by atoms with van der Waals surface area (Å²) in [7, 11) is 0. The number of ether oxygens (including phenoxy) is 1. The van der Waals surface area contributed by atoms with Crippen LogP contribution in [0, 0.1) is 5.82 Å². The SMILES string of the molecule is CCSc1cccc(Oc2cc(F)ccc2Br)c1CN. The topological polar surface area (TPSA) is 35.2 Å². The van der Waals surface area contributed by atoms with E-state index in [4.69, 9.17) is 10.5 Å². The van der Waals surface area contributed by atoms with Crippen LogP contribution in [0.4, 0.5) is 4.39 Å². The van der Waals surface area contributed by atoms with Crippen LogP contribution in [0.2, 0.25) is 0 Å². The van der Waals surface area contributed by atoms with Gasteiger partial charge in [-0.05, 0) is 45.9 Å². The Morgan fingerprint density at radius 2 is 2.05 bits per heavy atom. The van der Waals surface area contributed by atoms with Crippen LogP contribution >= 0.6 is 27.7 Å². The van der Waals surface area contributed by atoms with Gasteiger partial charge in [-0.1, -0.05) is 13.0 Å². The summed E-state index contributed by atoms with van der Waals surface area (Å²) in [6.45, 7) is 2.47. The molecule has 106 valence electrons. The highest BCUT2D eigenvalue weighted by Gasteiger charge is 2.11. The molecule has 0 aliphatic carbocycles. The number of nitrogens with two attached hydrogens (primary N) is 1. The Bertz CT molecular complexity index is 606. The summed E-state index contributed by atoms with van der Waals surface area (Å²) in [4.78, 5) is 1.10. The van der Waals surface area contributed by atoms with Gasteiger partial charge in [-0.15, -0.1) is 11.8 Å². The van der Waals surface area contributed by atoms with Crippen molar-refractivity contribution in [1.82, 2.24) is 0 Å². The first kappa shape index (κ1) is 15.4. The minimum atomic E-state index is -0.336. The molecular weight excluding hydrogens is 341 g/mol. The van der Waals surface area contributed by atoms with Gasteiger partial charge in [0.2, 0.25) is 0 Å². The van der Waals surface area contributed by atoms with Crippen LogP contribution in [-0.2, 0) is 6.54 Å². The summed E-state index contributed by atoms with van der Waals surface area (Å²) >= 11 is 5.07. The van der Waals surface area contributed by atoms with Crippen LogP contribution in [0.25, 0.3) is 0 Å². The summed E-state index contributed by atoms with van der Waals surface area (Å²) in [5.41, 5.74) is 6.76. The van der Waals surface area contributed by atoms with Gasteiger partial charge in [0.25, 0.3) is 0 Å². The van der Waals surface area contributed by atoms with Crippen LogP contribution in [-0.4, -0.2) is 5.75 Å². The first-order valence-corrected chi connectivity index (χ1v) is 8.01. The Labute approximate surface area is 130 Å². The van der Waals surface area contributed by atoms with Crippen molar-refractivity contribution in [2.24, 2.45) is 5.73 Å². The van der Waals surface area contributed by atoms with Gasteiger partial charge < -0.3 is 10.5 Å². The van der Waals surface area contributed by atoms with Crippen molar-refractivity contribution in [2.45, 2.75) is 18.4 Å². The lowest BCUT2D eigenvalue weighted by Crippen LogP contribution is -2.02. The molecule has 0 aliphatic rings. The van der Waals surface area contributed by atoms with Crippen molar-refractivity contribution in [2.75, 3.05) is 5.75 Å². The molecule has 2 aromatic rings. The molecule has 0 amide bonds. The van der Waals surface area contributed by atoms with E-state index >= 15 is 0 Å². The second-order valence-electron chi connectivity index (χ2n) is 4.05. The largest absolute Gasteiger partial charge is 0.456 e. The second-order valence-corrected chi connectivity index (χ2v) is 6.21. The molecule has 5 heteroatoms. The van der Waals surface area contributed by atoms with Crippen LogP contribution in [0.1, 0.15) is 12.5 Å². The molecule has 0 bridgehead atoms. The van der Waals surface area contributed by atoms with E-state index in [1.54, 1.807) is 17.8 Å². The normalized spacial score (nSPS) is 10.6. The van der Waals surface area contributed by atoms with Gasteiger partial charge >= 0.3 is 0 Å². The number of benzene rings is 2. The predicted octanol–water partition coefficient (Wildman–Crippen LogP) is 4.95. The van der Waals surface area contributed by atoms with Crippen molar-refractivity contribution in [3.05, 3.63) is 52.3 Å². The van der Waals surface area contributed by atoms with E-state index in [1.807, 2.05) is 18.2 Å². The maximum Gasteiger partial charge on any atom is 0.144 e. The van der Waals surface area contributed by atoms with E-state index < -0.39 is 0 Å². The molecule has 0 radical (unpaired) electrons. The number of thioether (sulfide) groups is 1. The minimum absolute atomic E-state index is 0.336. The molecule has 2 N–H and O–H groups in total. The van der Waals surface area contributed by atoms with Gasteiger partial charge in [0, 0.05) is 23.1 Å². The molecule has 0 heterocycles. The zero-order valence-electron chi connectivity index (χ0n) is 11.0. The summed E-state index contributed by atoms with van der Waals surface area (Å²) < 4.78 is 19.8. The Balaban J connectivity index is 2.37. The standard InChI is InChI=1S/C15H15BrFNOS/c1-2-20-15-5-3-4-13(11(15)9-18)19-14-8-10(17)6-7-12(14)16/h3-8H,2,9,18H2,1H3. The van der Waals surface area contributed by atoms with E-state index in [0.29, 0.717) is 22.5 Å². The third kappa shape index (κ3) is 3.53. The molecule has 0 aromatic heterocycles. The van der Waals surface area contributed by atoms with Crippen molar-refractivity contribution >= 4 is 27.7 Å². The van der Waals surface area contributed by atoms with Crippen LogP contribution in [0.5, 0.6) is 11.5 Å². The number of hydrogen-bond donors (Lipinski definition) is 1. The molecule has 0 spiro atoms. The van der Waals surface area contributed by atoms with Crippen LogP contribution < -0.4 is 10.5 Å². The van der Waals surface area contributed by atoms with E-state index in [9.17, 15) is 4.39 Å². The quantitative estimate of drug-likeness (QED) is 0.770. The Morgan fingerprint density at radius 1 is 1.25 bits per heavy atom. The second kappa shape index (κ2) is 7.11. The van der Waals surface area contributed by atoms with Gasteiger partial charge in [-0.2, -0.15) is 0 Å². The van der Waals surface area contributed by atoms with Gasteiger partial charge in [0.15, 0.2) is 0 Å². The fourth-order valence-corrected chi connectivity index (χ4v) is 2.98. The molecule has 0 saturated heterocycles. The van der Waals surface area contributed by atoms with Crippen molar-refractivity contribution in [3.8, 4) is 11.5 Å². The third-order valence-electron chi connectivity index (χ3n) is 2.71. The van der Waals surface area contributed by atoms with E-state index in [2.05, 4.69) is 22.9 Å². The van der Waals surface area contributed by atoms with E-state index in [-0.39, 0.29) is 5.82 Å². The first-order valence-electron chi connectivity index (χ1n) is 6.23. The summed E-state index contributed by atoms with van der Waals surface area (Å²) in [5, 5.41) is 0. The van der Waals surface area contributed by atoms with E-state index in [1.165, 1.54) is 12.1 Å².